The average Bonchev–Trinajstić information content (AvgIpc) is 2.68. The first-order chi connectivity index (χ1) is 13.5. The molecule has 8 heteroatoms. The fourth-order valence-corrected chi connectivity index (χ4v) is 4.07. The van der Waals surface area contributed by atoms with E-state index >= 15 is 0 Å². The van der Waals surface area contributed by atoms with Crippen LogP contribution in [0.15, 0.2) is 53.5 Å². The minimum Gasteiger partial charge on any atom is -0.497 e. The molecule has 0 heterocycles. The molecule has 0 amide bonds. The number of ether oxygens (including phenoxy) is 2. The lowest BCUT2D eigenvalue weighted by atomic mass is 10.3. The first-order valence-electron chi connectivity index (χ1n) is 9.02. The van der Waals surface area contributed by atoms with Crippen LogP contribution in [0.3, 0.4) is 0 Å². The maximum atomic E-state index is 13.0. The number of hydrogen-bond acceptors (Lipinski definition) is 6. The molecule has 1 N–H and O–H groups in total. The van der Waals surface area contributed by atoms with E-state index in [2.05, 4.69) is 10.3 Å². The molecule has 2 aromatic carbocycles. The van der Waals surface area contributed by atoms with Crippen LogP contribution in [0.4, 0.5) is 11.4 Å². The Kier molecular flexibility index (Phi) is 8.51. The molecule has 0 saturated carbocycles. The lowest BCUT2D eigenvalue weighted by molar-refractivity contribution is 0.223. The van der Waals surface area contributed by atoms with Gasteiger partial charge in [-0.2, -0.15) is 0 Å². The summed E-state index contributed by atoms with van der Waals surface area (Å²) in [7, 11) is -0.149. The molecule has 0 saturated heterocycles. The fraction of sp³-hybridized carbons (Fsp3) is 0.350. The molecule has 0 atom stereocenters. The number of aliphatic imine (C=N–C) groups is 1. The van der Waals surface area contributed by atoms with Crippen molar-refractivity contribution in [3.05, 3.63) is 48.5 Å². The predicted octanol–water partition coefficient (Wildman–Crippen LogP) is 5.11. The standard InChI is InChI=1S/C20H27N2O5P/c1-5-26-28(23,27-6-2)15-20(21-16-9-7-11-18(13-16)24-3)22-17-10-8-12-19(14-17)25-4/h7-14H,5-6,15H2,1-4H3,(H,21,22). The highest BCUT2D eigenvalue weighted by Crippen LogP contribution is 2.48. The summed E-state index contributed by atoms with van der Waals surface area (Å²) in [6.45, 7) is 4.12. The number of amidine groups is 1. The number of methoxy groups -OCH3 is 2. The second-order valence-corrected chi connectivity index (χ2v) is 7.78. The monoisotopic (exact) mass is 406 g/mol. The van der Waals surface area contributed by atoms with Crippen LogP contribution in [0.1, 0.15) is 13.8 Å². The van der Waals surface area contributed by atoms with Crippen molar-refractivity contribution < 1.29 is 23.1 Å². The van der Waals surface area contributed by atoms with Crippen LogP contribution < -0.4 is 14.8 Å². The van der Waals surface area contributed by atoms with Gasteiger partial charge in [-0.15, -0.1) is 0 Å². The Morgan fingerprint density at radius 1 is 0.964 bits per heavy atom. The predicted molar refractivity (Wildman–Crippen MR) is 112 cm³/mol. The fourth-order valence-electron chi connectivity index (χ4n) is 2.51. The number of nitrogens with one attached hydrogen (secondary N) is 1. The molecule has 2 rings (SSSR count). The van der Waals surface area contributed by atoms with Gasteiger partial charge in [0.15, 0.2) is 0 Å². The highest BCUT2D eigenvalue weighted by molar-refractivity contribution is 7.55. The summed E-state index contributed by atoms with van der Waals surface area (Å²) in [4.78, 5) is 4.62. The SMILES string of the molecule is CCOP(=O)(CC(=Nc1cccc(OC)c1)Nc1cccc(OC)c1)OCC. The average molecular weight is 406 g/mol. The molecule has 0 aliphatic rings. The lowest BCUT2D eigenvalue weighted by Gasteiger charge is -2.19. The molecule has 0 aliphatic carbocycles. The topological polar surface area (TPSA) is 78.4 Å². The lowest BCUT2D eigenvalue weighted by Crippen LogP contribution is -2.19. The van der Waals surface area contributed by atoms with Crippen molar-refractivity contribution in [1.29, 1.82) is 0 Å². The molecule has 0 bridgehead atoms. The second kappa shape index (κ2) is 10.9. The molecule has 7 nitrogen and oxygen atoms in total. The molecule has 152 valence electrons. The van der Waals surface area contributed by atoms with Gasteiger partial charge in [0.2, 0.25) is 0 Å². The summed E-state index contributed by atoms with van der Waals surface area (Å²) >= 11 is 0. The van der Waals surface area contributed by atoms with Gasteiger partial charge in [-0.1, -0.05) is 12.1 Å². The van der Waals surface area contributed by atoms with E-state index in [1.54, 1.807) is 34.1 Å². The molecule has 28 heavy (non-hydrogen) atoms. The van der Waals surface area contributed by atoms with E-state index in [0.29, 0.717) is 23.0 Å². The van der Waals surface area contributed by atoms with E-state index in [1.165, 1.54) is 0 Å². The van der Waals surface area contributed by atoms with Gasteiger partial charge in [0.1, 0.15) is 23.5 Å². The second-order valence-electron chi connectivity index (χ2n) is 5.72. The van der Waals surface area contributed by atoms with E-state index in [1.807, 2.05) is 42.5 Å². The van der Waals surface area contributed by atoms with Crippen LogP contribution in [-0.4, -0.2) is 39.4 Å². The molecule has 2 aromatic rings. The van der Waals surface area contributed by atoms with Crippen LogP contribution in [-0.2, 0) is 13.6 Å². The molecular formula is C20H27N2O5P. The minimum absolute atomic E-state index is 0.00307. The van der Waals surface area contributed by atoms with Crippen LogP contribution >= 0.6 is 7.60 Å². The van der Waals surface area contributed by atoms with Gasteiger partial charge in [-0.05, 0) is 38.1 Å². The Hall–Kier alpha value is -2.34. The van der Waals surface area contributed by atoms with Crippen molar-refractivity contribution in [2.45, 2.75) is 13.8 Å². The zero-order valence-corrected chi connectivity index (χ0v) is 17.6. The first-order valence-corrected chi connectivity index (χ1v) is 10.8. The maximum Gasteiger partial charge on any atom is 0.338 e. The molecule has 0 aromatic heterocycles. The zero-order valence-electron chi connectivity index (χ0n) is 16.7. The van der Waals surface area contributed by atoms with E-state index in [0.717, 1.165) is 5.69 Å². The highest BCUT2D eigenvalue weighted by atomic mass is 31.2. The third kappa shape index (κ3) is 6.68. The van der Waals surface area contributed by atoms with Gasteiger partial charge in [0.25, 0.3) is 0 Å². The summed E-state index contributed by atoms with van der Waals surface area (Å²) in [5, 5.41) is 3.21. The van der Waals surface area contributed by atoms with Crippen molar-refractivity contribution in [2.75, 3.05) is 38.9 Å². The first kappa shape index (κ1) is 22.0. The van der Waals surface area contributed by atoms with Crippen LogP contribution in [0.2, 0.25) is 0 Å². The molecule has 0 radical (unpaired) electrons. The van der Waals surface area contributed by atoms with Crippen molar-refractivity contribution in [1.82, 2.24) is 0 Å². The van der Waals surface area contributed by atoms with Crippen LogP contribution in [0, 0.1) is 0 Å². The van der Waals surface area contributed by atoms with E-state index in [9.17, 15) is 4.57 Å². The van der Waals surface area contributed by atoms with E-state index in [4.69, 9.17) is 18.5 Å². The highest BCUT2D eigenvalue weighted by Gasteiger charge is 2.26. The van der Waals surface area contributed by atoms with Crippen LogP contribution in [0.5, 0.6) is 11.5 Å². The number of hydrogen-bond donors (Lipinski definition) is 1. The number of anilines is 1. The maximum absolute atomic E-state index is 13.0. The van der Waals surface area contributed by atoms with Crippen molar-refractivity contribution in [2.24, 2.45) is 4.99 Å². The van der Waals surface area contributed by atoms with E-state index in [-0.39, 0.29) is 19.4 Å². The number of benzene rings is 2. The summed E-state index contributed by atoms with van der Waals surface area (Å²) < 4.78 is 34.4. The molecule has 0 unspecified atom stereocenters. The van der Waals surface area contributed by atoms with Gasteiger partial charge >= 0.3 is 7.60 Å². The Morgan fingerprint density at radius 2 is 1.57 bits per heavy atom. The molecule has 0 aliphatic heterocycles. The molecule has 0 fully saturated rings. The van der Waals surface area contributed by atoms with Gasteiger partial charge in [0.05, 0.1) is 33.1 Å². The van der Waals surface area contributed by atoms with Gasteiger partial charge in [-0.3, -0.25) is 4.57 Å². The summed E-state index contributed by atoms with van der Waals surface area (Å²) in [5.41, 5.74) is 1.41. The van der Waals surface area contributed by atoms with Crippen molar-refractivity contribution in [3.63, 3.8) is 0 Å². The largest absolute Gasteiger partial charge is 0.497 e. The third-order valence-electron chi connectivity index (χ3n) is 3.67. The summed E-state index contributed by atoms with van der Waals surface area (Å²) in [6.07, 6.45) is 0.00307. The Morgan fingerprint density at radius 3 is 2.18 bits per heavy atom. The zero-order chi connectivity index (χ0) is 20.4. The minimum atomic E-state index is -3.34. The number of nitrogens with zero attached hydrogens (tertiary/aromatic N) is 1. The molecule has 0 spiro atoms. The van der Waals surface area contributed by atoms with Crippen molar-refractivity contribution in [3.8, 4) is 11.5 Å². The van der Waals surface area contributed by atoms with Gasteiger partial charge in [0, 0.05) is 17.8 Å². The van der Waals surface area contributed by atoms with Gasteiger partial charge < -0.3 is 23.8 Å². The smallest absolute Gasteiger partial charge is 0.338 e. The summed E-state index contributed by atoms with van der Waals surface area (Å²) in [6, 6.07) is 14.7. The Balaban J connectivity index is 2.38. The normalized spacial score (nSPS) is 11.9. The quantitative estimate of drug-likeness (QED) is 0.336. The van der Waals surface area contributed by atoms with Crippen LogP contribution in [0.25, 0.3) is 0 Å². The third-order valence-corrected chi connectivity index (χ3v) is 5.66. The number of rotatable bonds is 10. The van der Waals surface area contributed by atoms with E-state index < -0.39 is 7.60 Å². The van der Waals surface area contributed by atoms with Gasteiger partial charge in [-0.25, -0.2) is 4.99 Å². The Labute approximate surface area is 166 Å². The Bertz CT molecular complexity index is 831. The summed E-state index contributed by atoms with van der Waals surface area (Å²) in [5.74, 6) is 1.83. The van der Waals surface area contributed by atoms with Crippen molar-refractivity contribution >= 4 is 24.8 Å². The molecular weight excluding hydrogens is 379 g/mol.